The highest BCUT2D eigenvalue weighted by Gasteiger charge is 2.19. The second-order valence-corrected chi connectivity index (χ2v) is 7.31. The summed E-state index contributed by atoms with van der Waals surface area (Å²) < 4.78 is 16.9. The molecule has 0 aliphatic rings. The molecule has 1 heterocycles. The zero-order valence-corrected chi connectivity index (χ0v) is 16.2. The minimum Gasteiger partial charge on any atom is -0.366 e. The number of benzene rings is 4. The minimum absolute atomic E-state index is 0.323. The largest absolute Gasteiger partial charge is 0.366 e. The number of nitrogens with two attached hydrogens (primary N) is 1. The molecule has 1 aromatic heterocycles. The van der Waals surface area contributed by atoms with Gasteiger partial charge in [-0.3, -0.25) is 4.79 Å². The molecule has 1 amide bonds. The van der Waals surface area contributed by atoms with Crippen molar-refractivity contribution in [3.63, 3.8) is 0 Å². The van der Waals surface area contributed by atoms with E-state index in [1.165, 1.54) is 6.07 Å². The molecule has 0 saturated carbocycles. The first-order chi connectivity index (χ1) is 14.6. The summed E-state index contributed by atoms with van der Waals surface area (Å²) >= 11 is 0. The predicted molar refractivity (Wildman–Crippen MR) is 119 cm³/mol. The fourth-order valence-electron chi connectivity index (χ4n) is 4.26. The van der Waals surface area contributed by atoms with Crippen LogP contribution in [0.5, 0.6) is 0 Å². The van der Waals surface area contributed by atoms with Crippen LogP contribution in [0.15, 0.2) is 91.0 Å². The molecule has 0 spiro atoms. The van der Waals surface area contributed by atoms with Gasteiger partial charge < -0.3 is 10.3 Å². The molecule has 0 aliphatic carbocycles. The lowest BCUT2D eigenvalue weighted by Crippen LogP contribution is -2.11. The van der Waals surface area contributed by atoms with E-state index in [0.29, 0.717) is 28.4 Å². The van der Waals surface area contributed by atoms with Crippen LogP contribution in [0.3, 0.4) is 0 Å². The van der Waals surface area contributed by atoms with Crippen molar-refractivity contribution >= 4 is 27.7 Å². The lowest BCUT2D eigenvalue weighted by Gasteiger charge is -2.13. The van der Waals surface area contributed by atoms with Crippen LogP contribution >= 0.6 is 0 Å². The summed E-state index contributed by atoms with van der Waals surface area (Å²) in [6.07, 6.45) is 0. The number of rotatable bonds is 4. The summed E-state index contributed by atoms with van der Waals surface area (Å²) in [6, 6.07) is 28.6. The summed E-state index contributed by atoms with van der Waals surface area (Å²) in [5, 5.41) is 1.38. The second-order valence-electron chi connectivity index (χ2n) is 7.31. The van der Waals surface area contributed by atoms with E-state index in [1.807, 2.05) is 47.0 Å². The van der Waals surface area contributed by atoms with E-state index in [-0.39, 0.29) is 5.82 Å². The molecule has 5 aromatic rings. The third-order valence-corrected chi connectivity index (χ3v) is 5.56. The molecule has 0 fully saturated rings. The van der Waals surface area contributed by atoms with Crippen LogP contribution in [0.1, 0.15) is 15.9 Å². The van der Waals surface area contributed by atoms with Crippen LogP contribution in [0.2, 0.25) is 0 Å². The van der Waals surface area contributed by atoms with Gasteiger partial charge in [0.2, 0.25) is 5.91 Å². The summed E-state index contributed by atoms with van der Waals surface area (Å²) in [5.41, 5.74) is 10.6. The standard InChI is InChI=1S/C26H19FN2O/c27-22-14-6-12-20-24-21(26(28)30)13-7-15-23(24)29(25(20)22)16-18-10-4-5-11-19(18)17-8-2-1-3-9-17/h1-15H,16H2,(H2,28,30). The molecular weight excluding hydrogens is 375 g/mol. The van der Waals surface area contributed by atoms with Gasteiger partial charge in [0.05, 0.1) is 11.0 Å². The molecule has 3 nitrogen and oxygen atoms in total. The van der Waals surface area contributed by atoms with Gasteiger partial charge in [0.25, 0.3) is 0 Å². The van der Waals surface area contributed by atoms with E-state index in [1.54, 1.807) is 18.2 Å². The number of primary amides is 1. The van der Waals surface area contributed by atoms with Crippen molar-refractivity contribution < 1.29 is 9.18 Å². The Morgan fingerprint density at radius 1 is 0.833 bits per heavy atom. The Morgan fingerprint density at radius 2 is 1.57 bits per heavy atom. The summed E-state index contributed by atoms with van der Waals surface area (Å²) in [6.45, 7) is 0.466. The average Bonchev–Trinajstić information content (AvgIpc) is 3.10. The molecule has 2 N–H and O–H groups in total. The third kappa shape index (κ3) is 2.85. The average molecular weight is 394 g/mol. The van der Waals surface area contributed by atoms with Crippen LogP contribution < -0.4 is 5.73 Å². The monoisotopic (exact) mass is 394 g/mol. The first-order valence-electron chi connectivity index (χ1n) is 9.77. The zero-order valence-electron chi connectivity index (χ0n) is 16.2. The number of para-hydroxylation sites is 1. The lowest BCUT2D eigenvalue weighted by atomic mass is 9.99. The van der Waals surface area contributed by atoms with E-state index in [2.05, 4.69) is 24.3 Å². The summed E-state index contributed by atoms with van der Waals surface area (Å²) in [5.74, 6) is -0.843. The maximum atomic E-state index is 15.0. The Hall–Kier alpha value is -3.92. The maximum absolute atomic E-state index is 15.0. The number of hydrogen-bond acceptors (Lipinski definition) is 1. The number of carbonyl (C=O) groups is 1. The molecule has 0 saturated heterocycles. The Labute approximate surface area is 173 Å². The molecule has 0 atom stereocenters. The number of amides is 1. The number of aromatic nitrogens is 1. The van der Waals surface area contributed by atoms with E-state index in [9.17, 15) is 4.79 Å². The number of carbonyl (C=O) groups excluding carboxylic acids is 1. The number of hydrogen-bond donors (Lipinski definition) is 1. The van der Waals surface area contributed by atoms with Crippen LogP contribution in [0.4, 0.5) is 4.39 Å². The number of nitrogens with zero attached hydrogens (tertiary/aromatic N) is 1. The minimum atomic E-state index is -0.520. The van der Waals surface area contributed by atoms with Crippen molar-refractivity contribution in [3.05, 3.63) is 108 Å². The third-order valence-electron chi connectivity index (χ3n) is 5.56. The Bertz CT molecular complexity index is 1400. The van der Waals surface area contributed by atoms with Crippen molar-refractivity contribution in [3.8, 4) is 11.1 Å². The predicted octanol–water partition coefficient (Wildman–Crippen LogP) is 5.75. The molecule has 146 valence electrons. The van der Waals surface area contributed by atoms with Crippen LogP contribution in [0.25, 0.3) is 32.9 Å². The highest BCUT2D eigenvalue weighted by molar-refractivity contribution is 6.18. The van der Waals surface area contributed by atoms with Crippen molar-refractivity contribution in [1.29, 1.82) is 0 Å². The molecule has 0 bridgehead atoms. The van der Waals surface area contributed by atoms with Crippen molar-refractivity contribution in [2.75, 3.05) is 0 Å². The normalized spacial score (nSPS) is 11.2. The van der Waals surface area contributed by atoms with Gasteiger partial charge in [-0.1, -0.05) is 72.8 Å². The van der Waals surface area contributed by atoms with Crippen molar-refractivity contribution in [2.24, 2.45) is 5.73 Å². The molecule has 0 radical (unpaired) electrons. The van der Waals surface area contributed by atoms with Gasteiger partial charge in [0.1, 0.15) is 5.82 Å². The topological polar surface area (TPSA) is 48.0 Å². The second kappa shape index (κ2) is 7.16. The van der Waals surface area contributed by atoms with Gasteiger partial charge in [-0.05, 0) is 34.9 Å². The lowest BCUT2D eigenvalue weighted by molar-refractivity contribution is 0.100. The van der Waals surface area contributed by atoms with Gasteiger partial charge in [-0.2, -0.15) is 0 Å². The van der Waals surface area contributed by atoms with Crippen LogP contribution in [-0.2, 0) is 6.54 Å². The number of halogens is 1. The van der Waals surface area contributed by atoms with Crippen molar-refractivity contribution in [1.82, 2.24) is 4.57 Å². The summed E-state index contributed by atoms with van der Waals surface area (Å²) in [7, 11) is 0. The Kier molecular flexibility index (Phi) is 4.32. The fraction of sp³-hybridized carbons (Fsp3) is 0.0385. The molecular formula is C26H19FN2O. The van der Waals surface area contributed by atoms with Gasteiger partial charge in [-0.15, -0.1) is 0 Å². The highest BCUT2D eigenvalue weighted by Crippen LogP contribution is 2.35. The zero-order chi connectivity index (χ0) is 20.7. The van der Waals surface area contributed by atoms with Gasteiger partial charge in [-0.25, -0.2) is 4.39 Å². The highest BCUT2D eigenvalue weighted by atomic mass is 19.1. The Morgan fingerprint density at radius 3 is 2.37 bits per heavy atom. The van der Waals surface area contributed by atoms with Crippen LogP contribution in [0, 0.1) is 5.82 Å². The van der Waals surface area contributed by atoms with E-state index < -0.39 is 5.91 Å². The van der Waals surface area contributed by atoms with Crippen molar-refractivity contribution in [2.45, 2.75) is 6.54 Å². The first-order valence-corrected chi connectivity index (χ1v) is 9.77. The van der Waals surface area contributed by atoms with E-state index >= 15 is 4.39 Å². The Balaban J connectivity index is 1.79. The molecule has 4 heteroatoms. The summed E-state index contributed by atoms with van der Waals surface area (Å²) in [4.78, 5) is 12.1. The van der Waals surface area contributed by atoms with Crippen LogP contribution in [-0.4, -0.2) is 10.5 Å². The molecule has 0 unspecified atom stereocenters. The molecule has 0 aliphatic heterocycles. The molecule has 5 rings (SSSR count). The smallest absolute Gasteiger partial charge is 0.249 e. The maximum Gasteiger partial charge on any atom is 0.249 e. The van der Waals surface area contributed by atoms with E-state index in [4.69, 9.17) is 5.73 Å². The first kappa shape index (κ1) is 18.1. The quantitative estimate of drug-likeness (QED) is 0.415. The number of fused-ring (bicyclic) bond motifs is 3. The van der Waals surface area contributed by atoms with Gasteiger partial charge in [0, 0.05) is 22.9 Å². The van der Waals surface area contributed by atoms with Gasteiger partial charge >= 0.3 is 0 Å². The van der Waals surface area contributed by atoms with Gasteiger partial charge in [0.15, 0.2) is 0 Å². The SMILES string of the molecule is NC(=O)c1cccc2c1c1cccc(F)c1n2Cc1ccccc1-c1ccccc1. The molecule has 4 aromatic carbocycles. The van der Waals surface area contributed by atoms with E-state index in [0.717, 1.165) is 22.2 Å². The fourth-order valence-corrected chi connectivity index (χ4v) is 4.26. The molecule has 30 heavy (non-hydrogen) atoms.